The number of hydrogen-bond donors (Lipinski definition) is 1. The SMILES string of the molecule is COC(=O)c1ccccc1C([As])(c1ccccc1C(=O)OC)c1ccccc1C(=O)OC.Cc1ccc(S(=O)(=O)O)cc1. The van der Waals surface area contributed by atoms with Gasteiger partial charge in [0.05, 0.1) is 4.90 Å². The molecule has 0 bridgehead atoms. The van der Waals surface area contributed by atoms with Crippen molar-refractivity contribution in [1.29, 1.82) is 0 Å². The summed E-state index contributed by atoms with van der Waals surface area (Å²) in [7, 11) is -0.115. The Labute approximate surface area is 259 Å². The van der Waals surface area contributed by atoms with Gasteiger partial charge in [0.2, 0.25) is 0 Å². The topological polar surface area (TPSA) is 133 Å². The fourth-order valence-corrected chi connectivity index (χ4v) is 6.11. The van der Waals surface area contributed by atoms with E-state index in [0.717, 1.165) is 5.56 Å². The van der Waals surface area contributed by atoms with Crippen molar-refractivity contribution < 1.29 is 41.6 Å². The van der Waals surface area contributed by atoms with Crippen LogP contribution in [0.4, 0.5) is 0 Å². The van der Waals surface area contributed by atoms with E-state index in [0.29, 0.717) is 33.4 Å². The Morgan fingerprint density at radius 2 is 0.907 bits per heavy atom. The average Bonchev–Trinajstić information content (AvgIpc) is 3.03. The van der Waals surface area contributed by atoms with Crippen LogP contribution in [0.15, 0.2) is 102 Å². The standard InChI is InChI=1S/C25H21AsO6.C7H8O3S/c1-30-22(27)16-10-4-7-13-19(16)25(26,20-14-8-5-11-17(20)23(28)31-2)21-15-9-6-12-18(21)24(29)32-3;1-6-2-4-7(5-3-6)11(8,9)10/h4-15H,1-3H3;2-5H,1H3,(H,8,9,10). The van der Waals surface area contributed by atoms with Gasteiger partial charge in [-0.15, -0.1) is 0 Å². The van der Waals surface area contributed by atoms with Crippen molar-refractivity contribution in [2.75, 3.05) is 21.3 Å². The Morgan fingerprint density at radius 3 is 1.19 bits per heavy atom. The van der Waals surface area contributed by atoms with Crippen LogP contribution in [0.25, 0.3) is 0 Å². The zero-order valence-corrected chi connectivity index (χ0v) is 26.5. The van der Waals surface area contributed by atoms with Gasteiger partial charge in [-0.2, -0.15) is 8.42 Å². The summed E-state index contributed by atoms with van der Waals surface area (Å²) in [5.41, 5.74) is 3.48. The molecule has 11 heteroatoms. The van der Waals surface area contributed by atoms with Crippen LogP contribution >= 0.6 is 0 Å². The number of rotatable bonds is 7. The summed E-state index contributed by atoms with van der Waals surface area (Å²) in [6.07, 6.45) is 0. The summed E-state index contributed by atoms with van der Waals surface area (Å²) in [5, 5.41) is 0. The van der Waals surface area contributed by atoms with E-state index in [4.69, 9.17) is 18.8 Å². The monoisotopic (exact) mass is 664 g/mol. The molecule has 0 heterocycles. The third kappa shape index (κ3) is 7.40. The first-order chi connectivity index (χ1) is 20.4. The van der Waals surface area contributed by atoms with Gasteiger partial charge in [-0.25, -0.2) is 0 Å². The number of carbonyl (C=O) groups is 3. The zero-order valence-electron chi connectivity index (χ0n) is 23.8. The van der Waals surface area contributed by atoms with Crippen LogP contribution in [0.5, 0.6) is 0 Å². The van der Waals surface area contributed by atoms with E-state index in [1.54, 1.807) is 84.9 Å². The summed E-state index contributed by atoms with van der Waals surface area (Å²) < 4.78 is 43.4. The predicted octanol–water partition coefficient (Wildman–Crippen LogP) is 4.75. The van der Waals surface area contributed by atoms with Gasteiger partial charge in [-0.1, -0.05) is 17.7 Å². The van der Waals surface area contributed by atoms with Crippen molar-refractivity contribution in [3.63, 3.8) is 0 Å². The minimum atomic E-state index is -4.02. The number of ether oxygens (including phenoxy) is 3. The molecule has 4 aromatic rings. The summed E-state index contributed by atoms with van der Waals surface area (Å²) in [5.74, 6) is -1.62. The molecule has 0 unspecified atom stereocenters. The van der Waals surface area contributed by atoms with Crippen molar-refractivity contribution in [2.45, 2.75) is 16.0 Å². The molecular weight excluding hydrogens is 635 g/mol. The number of carbonyl (C=O) groups excluding carboxylic acids is 3. The van der Waals surface area contributed by atoms with Crippen LogP contribution in [0.3, 0.4) is 0 Å². The molecule has 0 fully saturated rings. The number of benzene rings is 4. The predicted molar refractivity (Wildman–Crippen MR) is 160 cm³/mol. The minimum absolute atomic E-state index is 0.0666. The number of methoxy groups -OCH3 is 3. The first-order valence-corrected chi connectivity index (χ1v) is 15.1. The largest absolute Gasteiger partial charge is 0.294 e. The number of aryl methyl sites for hydroxylation is 1. The molecule has 0 aliphatic heterocycles. The van der Waals surface area contributed by atoms with Crippen molar-refractivity contribution in [2.24, 2.45) is 0 Å². The second-order valence-corrected chi connectivity index (χ2v) is 11.9. The molecule has 2 radical (unpaired) electrons. The van der Waals surface area contributed by atoms with Crippen LogP contribution in [0.2, 0.25) is 0 Å². The molecule has 4 rings (SSSR count). The van der Waals surface area contributed by atoms with Gasteiger partial charge in [-0.05, 0) is 19.1 Å². The smallest absolute Gasteiger partial charge is 0.282 e. The Hall–Kier alpha value is -4.24. The first kappa shape index (κ1) is 33.3. The Bertz CT molecular complexity index is 1590. The van der Waals surface area contributed by atoms with Gasteiger partial charge in [0, 0.05) is 0 Å². The maximum atomic E-state index is 12.7. The summed E-state index contributed by atoms with van der Waals surface area (Å²) in [6, 6.07) is 26.8. The molecule has 0 aliphatic rings. The van der Waals surface area contributed by atoms with Crippen LogP contribution in [-0.4, -0.2) is 69.1 Å². The maximum absolute atomic E-state index is 12.7. The van der Waals surface area contributed by atoms with Crippen molar-refractivity contribution >= 4 is 44.9 Å². The van der Waals surface area contributed by atoms with Gasteiger partial charge in [-0.3, -0.25) is 4.55 Å². The molecule has 43 heavy (non-hydrogen) atoms. The molecule has 9 nitrogen and oxygen atoms in total. The van der Waals surface area contributed by atoms with E-state index in [2.05, 4.69) is 16.9 Å². The van der Waals surface area contributed by atoms with Crippen LogP contribution in [0.1, 0.15) is 53.3 Å². The third-order valence-corrected chi connectivity index (χ3v) is 8.87. The molecule has 0 aliphatic carbocycles. The molecular formula is C32H29AsO9S. The van der Waals surface area contributed by atoms with Gasteiger partial charge in [0.1, 0.15) is 0 Å². The summed E-state index contributed by atoms with van der Waals surface area (Å²) in [6.45, 7) is 1.84. The molecule has 0 amide bonds. The quantitative estimate of drug-likeness (QED) is 0.0978. The zero-order chi connectivity index (χ0) is 31.8. The van der Waals surface area contributed by atoms with E-state index in [1.807, 2.05) is 6.92 Å². The Balaban J connectivity index is 0.000000386. The maximum Gasteiger partial charge on any atom is 0.294 e. The molecule has 0 saturated heterocycles. The first-order valence-electron chi connectivity index (χ1n) is 12.7. The fourth-order valence-electron chi connectivity index (χ4n) is 4.41. The van der Waals surface area contributed by atoms with Gasteiger partial charge in [0.15, 0.2) is 0 Å². The second kappa shape index (κ2) is 14.3. The molecule has 222 valence electrons. The van der Waals surface area contributed by atoms with Gasteiger partial charge < -0.3 is 0 Å². The van der Waals surface area contributed by atoms with E-state index < -0.39 is 32.2 Å². The molecule has 0 aromatic heterocycles. The van der Waals surface area contributed by atoms with Crippen molar-refractivity contribution in [3.8, 4) is 0 Å². The Morgan fingerprint density at radius 1 is 0.605 bits per heavy atom. The molecule has 0 atom stereocenters. The second-order valence-electron chi connectivity index (χ2n) is 9.11. The molecule has 0 saturated carbocycles. The number of hydrogen-bond acceptors (Lipinski definition) is 8. The molecule has 4 aromatic carbocycles. The van der Waals surface area contributed by atoms with Crippen LogP contribution in [-0.2, 0) is 28.5 Å². The van der Waals surface area contributed by atoms with Gasteiger partial charge >= 0.3 is 195 Å². The number of esters is 3. The molecule has 0 spiro atoms. The summed E-state index contributed by atoms with van der Waals surface area (Å²) >= 11 is 2.52. The summed E-state index contributed by atoms with van der Waals surface area (Å²) in [4.78, 5) is 38.0. The van der Waals surface area contributed by atoms with Crippen molar-refractivity contribution in [1.82, 2.24) is 0 Å². The normalized spacial score (nSPS) is 11.0. The van der Waals surface area contributed by atoms with Gasteiger partial charge in [0.25, 0.3) is 10.1 Å². The van der Waals surface area contributed by atoms with E-state index in [9.17, 15) is 22.8 Å². The third-order valence-electron chi connectivity index (χ3n) is 6.49. The molecule has 1 N–H and O–H groups in total. The Kier molecular flexibility index (Phi) is 11.1. The fraction of sp³-hybridized carbons (Fsp3) is 0.156. The van der Waals surface area contributed by atoms with Crippen LogP contribution in [0, 0.1) is 6.92 Å². The van der Waals surface area contributed by atoms with E-state index in [-0.39, 0.29) is 4.90 Å². The van der Waals surface area contributed by atoms with E-state index >= 15 is 0 Å². The van der Waals surface area contributed by atoms with E-state index in [1.165, 1.54) is 33.5 Å². The van der Waals surface area contributed by atoms with Crippen molar-refractivity contribution in [3.05, 3.63) is 136 Å². The van der Waals surface area contributed by atoms with Crippen LogP contribution < -0.4 is 0 Å². The minimum Gasteiger partial charge on any atom is -0.282 e. The average molecular weight is 665 g/mol.